The first-order valence-electron chi connectivity index (χ1n) is 9.02. The summed E-state index contributed by atoms with van der Waals surface area (Å²) in [5.41, 5.74) is 5.63. The van der Waals surface area contributed by atoms with E-state index in [1.54, 1.807) is 6.20 Å². The molecular formula is C22H23N5. The van der Waals surface area contributed by atoms with Crippen LogP contribution in [-0.2, 0) is 6.54 Å². The molecule has 4 aromatic rings. The van der Waals surface area contributed by atoms with Crippen LogP contribution in [0.3, 0.4) is 0 Å². The minimum atomic E-state index is 0.690. The van der Waals surface area contributed by atoms with Crippen molar-refractivity contribution in [2.75, 3.05) is 24.3 Å². The highest BCUT2D eigenvalue weighted by Crippen LogP contribution is 2.29. The van der Waals surface area contributed by atoms with Gasteiger partial charge >= 0.3 is 0 Å². The second-order valence-electron chi connectivity index (χ2n) is 6.88. The topological polar surface area (TPSA) is 45.5 Å². The van der Waals surface area contributed by atoms with E-state index in [2.05, 4.69) is 70.7 Å². The third-order valence-corrected chi connectivity index (χ3v) is 4.64. The van der Waals surface area contributed by atoms with E-state index < -0.39 is 0 Å². The molecule has 0 fully saturated rings. The number of imidazole rings is 1. The summed E-state index contributed by atoms with van der Waals surface area (Å²) in [6, 6.07) is 18.9. The quantitative estimate of drug-likeness (QED) is 0.576. The van der Waals surface area contributed by atoms with Crippen LogP contribution < -0.4 is 10.2 Å². The molecule has 0 bridgehead atoms. The van der Waals surface area contributed by atoms with Crippen LogP contribution in [0.5, 0.6) is 0 Å². The lowest BCUT2D eigenvalue weighted by molar-refractivity contribution is 1.06. The molecule has 2 heterocycles. The molecule has 2 aromatic carbocycles. The zero-order chi connectivity index (χ0) is 18.8. The molecule has 4 rings (SSSR count). The van der Waals surface area contributed by atoms with Gasteiger partial charge in [-0.25, -0.2) is 9.97 Å². The average molecular weight is 357 g/mol. The maximum atomic E-state index is 4.76. The highest BCUT2D eigenvalue weighted by atomic mass is 15.2. The van der Waals surface area contributed by atoms with Gasteiger partial charge in [0.2, 0.25) is 5.78 Å². The van der Waals surface area contributed by atoms with E-state index in [1.165, 1.54) is 11.1 Å². The van der Waals surface area contributed by atoms with Gasteiger partial charge in [-0.2, -0.15) is 0 Å². The Labute approximate surface area is 159 Å². The number of rotatable bonds is 5. The lowest BCUT2D eigenvalue weighted by Gasteiger charge is -2.13. The first-order chi connectivity index (χ1) is 13.1. The Balaban J connectivity index is 1.71. The minimum absolute atomic E-state index is 0.690. The van der Waals surface area contributed by atoms with Crippen molar-refractivity contribution < 1.29 is 0 Å². The molecule has 0 aliphatic carbocycles. The van der Waals surface area contributed by atoms with Crippen molar-refractivity contribution in [1.82, 2.24) is 14.4 Å². The third kappa shape index (κ3) is 3.49. The van der Waals surface area contributed by atoms with Crippen molar-refractivity contribution in [3.05, 3.63) is 78.1 Å². The molecule has 0 radical (unpaired) electrons. The molecule has 136 valence electrons. The van der Waals surface area contributed by atoms with Crippen molar-refractivity contribution in [2.45, 2.75) is 13.5 Å². The van der Waals surface area contributed by atoms with Gasteiger partial charge in [0.25, 0.3) is 0 Å². The lowest BCUT2D eigenvalue weighted by atomic mass is 10.1. The summed E-state index contributed by atoms with van der Waals surface area (Å²) in [5.74, 6) is 1.65. The van der Waals surface area contributed by atoms with Crippen LogP contribution >= 0.6 is 0 Å². The maximum Gasteiger partial charge on any atom is 0.235 e. The molecule has 0 aliphatic rings. The Morgan fingerprint density at radius 1 is 1.00 bits per heavy atom. The Morgan fingerprint density at radius 3 is 2.44 bits per heavy atom. The van der Waals surface area contributed by atoms with Crippen molar-refractivity contribution >= 4 is 17.3 Å². The van der Waals surface area contributed by atoms with Crippen molar-refractivity contribution in [3.63, 3.8) is 0 Å². The summed E-state index contributed by atoms with van der Waals surface area (Å²) in [4.78, 5) is 11.3. The number of fused-ring (bicyclic) bond motifs is 1. The highest BCUT2D eigenvalue weighted by molar-refractivity contribution is 5.76. The van der Waals surface area contributed by atoms with E-state index in [0.717, 1.165) is 29.3 Å². The van der Waals surface area contributed by atoms with Crippen molar-refractivity contribution in [2.24, 2.45) is 0 Å². The van der Waals surface area contributed by atoms with Gasteiger partial charge in [0.05, 0.1) is 0 Å². The molecule has 27 heavy (non-hydrogen) atoms. The summed E-state index contributed by atoms with van der Waals surface area (Å²) in [7, 11) is 4.08. The van der Waals surface area contributed by atoms with Crippen LogP contribution in [0.1, 0.15) is 11.1 Å². The lowest BCUT2D eigenvalue weighted by Crippen LogP contribution is -2.08. The SMILES string of the molecule is Cc1ccc(CNc2c(-c3ccc(N(C)C)cc3)nc3ncccn23)cc1. The number of nitrogens with one attached hydrogen (secondary N) is 1. The van der Waals surface area contributed by atoms with Crippen LogP contribution in [0.15, 0.2) is 67.0 Å². The summed E-state index contributed by atoms with van der Waals surface area (Å²) in [5, 5.41) is 3.56. The fourth-order valence-corrected chi connectivity index (χ4v) is 3.07. The summed E-state index contributed by atoms with van der Waals surface area (Å²) in [6.45, 7) is 2.83. The Bertz CT molecular complexity index is 1050. The molecule has 5 heteroatoms. The molecule has 5 nitrogen and oxygen atoms in total. The number of hydrogen-bond acceptors (Lipinski definition) is 4. The molecule has 1 N–H and O–H groups in total. The smallest absolute Gasteiger partial charge is 0.235 e. The predicted octanol–water partition coefficient (Wildman–Crippen LogP) is 4.38. The molecule has 0 amide bonds. The molecule has 0 aliphatic heterocycles. The first kappa shape index (κ1) is 17.1. The largest absolute Gasteiger partial charge is 0.378 e. The van der Waals surface area contributed by atoms with Crippen LogP contribution in [0, 0.1) is 6.92 Å². The molecule has 0 saturated heterocycles. The van der Waals surface area contributed by atoms with Crippen molar-refractivity contribution in [3.8, 4) is 11.3 Å². The number of aromatic nitrogens is 3. The van der Waals surface area contributed by atoms with Crippen LogP contribution in [0.4, 0.5) is 11.5 Å². The van der Waals surface area contributed by atoms with E-state index in [9.17, 15) is 0 Å². The number of benzene rings is 2. The van der Waals surface area contributed by atoms with Gasteiger partial charge < -0.3 is 10.2 Å². The normalized spacial score (nSPS) is 10.9. The fraction of sp³-hybridized carbons (Fsp3) is 0.182. The van der Waals surface area contributed by atoms with Gasteiger partial charge in [0, 0.05) is 44.3 Å². The van der Waals surface area contributed by atoms with E-state index >= 15 is 0 Å². The van der Waals surface area contributed by atoms with Gasteiger partial charge in [0.1, 0.15) is 11.5 Å². The van der Waals surface area contributed by atoms with Gasteiger partial charge in [-0.3, -0.25) is 4.40 Å². The highest BCUT2D eigenvalue weighted by Gasteiger charge is 2.14. The van der Waals surface area contributed by atoms with E-state index in [4.69, 9.17) is 4.98 Å². The monoisotopic (exact) mass is 357 g/mol. The van der Waals surface area contributed by atoms with Crippen LogP contribution in [0.2, 0.25) is 0 Å². The van der Waals surface area contributed by atoms with Gasteiger partial charge in [-0.1, -0.05) is 42.0 Å². The van der Waals surface area contributed by atoms with E-state index in [1.807, 2.05) is 30.8 Å². The Morgan fingerprint density at radius 2 is 1.74 bits per heavy atom. The maximum absolute atomic E-state index is 4.76. The number of nitrogens with zero attached hydrogens (tertiary/aromatic N) is 4. The van der Waals surface area contributed by atoms with E-state index in [0.29, 0.717) is 5.78 Å². The number of hydrogen-bond donors (Lipinski definition) is 1. The average Bonchev–Trinajstić information content (AvgIpc) is 3.06. The summed E-state index contributed by atoms with van der Waals surface area (Å²) in [6.07, 6.45) is 3.76. The second kappa shape index (κ2) is 7.11. The summed E-state index contributed by atoms with van der Waals surface area (Å²) >= 11 is 0. The molecule has 0 saturated carbocycles. The van der Waals surface area contributed by atoms with Gasteiger partial charge in [0.15, 0.2) is 0 Å². The second-order valence-corrected chi connectivity index (χ2v) is 6.88. The molecule has 2 aromatic heterocycles. The fourth-order valence-electron chi connectivity index (χ4n) is 3.07. The Hall–Kier alpha value is -3.34. The molecule has 0 unspecified atom stereocenters. The van der Waals surface area contributed by atoms with E-state index in [-0.39, 0.29) is 0 Å². The molecule has 0 spiro atoms. The standard InChI is InChI=1S/C22H23N5/c1-16-5-7-17(8-6-16)15-24-21-20(25-22-23-13-4-14-27(21)22)18-9-11-19(12-10-18)26(2)3/h4-14,24H,15H2,1-3H3. The van der Waals surface area contributed by atoms with Crippen LogP contribution in [0.25, 0.3) is 17.0 Å². The Kier molecular flexibility index (Phi) is 4.50. The third-order valence-electron chi connectivity index (χ3n) is 4.64. The molecule has 0 atom stereocenters. The van der Waals surface area contributed by atoms with Gasteiger partial charge in [-0.05, 0) is 30.7 Å². The molecular weight excluding hydrogens is 334 g/mol. The number of aryl methyl sites for hydroxylation is 1. The minimum Gasteiger partial charge on any atom is -0.378 e. The van der Waals surface area contributed by atoms with Crippen molar-refractivity contribution in [1.29, 1.82) is 0 Å². The zero-order valence-electron chi connectivity index (χ0n) is 15.8. The zero-order valence-corrected chi connectivity index (χ0v) is 15.8. The first-order valence-corrected chi connectivity index (χ1v) is 9.02. The van der Waals surface area contributed by atoms with Crippen LogP contribution in [-0.4, -0.2) is 28.5 Å². The predicted molar refractivity (Wildman–Crippen MR) is 111 cm³/mol. The summed E-state index contributed by atoms with van der Waals surface area (Å²) < 4.78 is 2.00. The van der Waals surface area contributed by atoms with Gasteiger partial charge in [-0.15, -0.1) is 0 Å². The number of anilines is 2.